The van der Waals surface area contributed by atoms with Crippen molar-refractivity contribution in [1.29, 1.82) is 0 Å². The second-order valence-corrected chi connectivity index (χ2v) is 10.6. The lowest BCUT2D eigenvalue weighted by Crippen LogP contribution is -2.50. The lowest BCUT2D eigenvalue weighted by molar-refractivity contribution is -0.132. The van der Waals surface area contributed by atoms with Crippen molar-refractivity contribution in [3.05, 3.63) is 0 Å². The summed E-state index contributed by atoms with van der Waals surface area (Å²) in [5.41, 5.74) is 0. The van der Waals surface area contributed by atoms with Crippen LogP contribution in [0.4, 0.5) is 10.3 Å². The van der Waals surface area contributed by atoms with E-state index in [0.717, 1.165) is 36.6 Å². The molecule has 6 aliphatic rings. The van der Waals surface area contributed by atoms with Crippen molar-refractivity contribution in [1.82, 2.24) is 15.1 Å². The highest BCUT2D eigenvalue weighted by atomic mass is 32.1. The van der Waals surface area contributed by atoms with Gasteiger partial charge in [-0.1, -0.05) is 11.3 Å². The molecule has 0 spiro atoms. The third kappa shape index (κ3) is 2.89. The predicted octanol–water partition coefficient (Wildman–Crippen LogP) is 2.83. The number of fused-ring (bicyclic) bond motifs is 1. The molecule has 7 rings (SSSR count). The standard InChI is InChI=1S/C20H29N5OS/c26-18(17-14-7-12-6-13(9-14)10-15(17)8-12)21-19-22-23-20(27-19)25-5-4-24-3-1-2-16(24)11-25/h12-17H,1-11H2,(H,21,22,26)/t12?,13?,14?,15?,16-,17?/m0/s1. The van der Waals surface area contributed by atoms with Crippen molar-refractivity contribution in [2.45, 2.75) is 51.0 Å². The van der Waals surface area contributed by atoms with E-state index >= 15 is 0 Å². The Bertz CT molecular complexity index is 708. The number of amides is 1. The Kier molecular flexibility index (Phi) is 3.97. The zero-order valence-corrected chi connectivity index (χ0v) is 16.7. The summed E-state index contributed by atoms with van der Waals surface area (Å²) in [4.78, 5) is 18.0. The minimum atomic E-state index is 0.215. The molecule has 1 aromatic rings. The first-order chi connectivity index (χ1) is 13.2. The van der Waals surface area contributed by atoms with E-state index in [2.05, 4.69) is 25.3 Å². The van der Waals surface area contributed by atoms with E-state index in [9.17, 15) is 4.79 Å². The van der Waals surface area contributed by atoms with Gasteiger partial charge in [0.2, 0.25) is 16.2 Å². The lowest BCUT2D eigenvalue weighted by atomic mass is 9.51. The summed E-state index contributed by atoms with van der Waals surface area (Å²) in [5.74, 6) is 3.46. The van der Waals surface area contributed by atoms with Gasteiger partial charge in [-0.25, -0.2) is 0 Å². The van der Waals surface area contributed by atoms with Crippen molar-refractivity contribution in [2.24, 2.45) is 29.6 Å². The Morgan fingerprint density at radius 1 is 1.00 bits per heavy atom. The minimum Gasteiger partial charge on any atom is -0.344 e. The number of hydrogen-bond donors (Lipinski definition) is 1. The molecule has 146 valence electrons. The minimum absolute atomic E-state index is 0.215. The van der Waals surface area contributed by atoms with Crippen LogP contribution < -0.4 is 10.2 Å². The van der Waals surface area contributed by atoms with Crippen LogP contribution in [0, 0.1) is 29.6 Å². The number of hydrogen-bond acceptors (Lipinski definition) is 6. The van der Waals surface area contributed by atoms with Crippen LogP contribution in [-0.2, 0) is 4.79 Å². The van der Waals surface area contributed by atoms with Gasteiger partial charge in [0, 0.05) is 31.6 Å². The highest BCUT2D eigenvalue weighted by Crippen LogP contribution is 2.56. The van der Waals surface area contributed by atoms with Crippen molar-refractivity contribution < 1.29 is 4.79 Å². The number of aromatic nitrogens is 2. The van der Waals surface area contributed by atoms with Gasteiger partial charge in [-0.2, -0.15) is 0 Å². The number of carbonyl (C=O) groups excluding carboxylic acids is 1. The molecule has 2 aliphatic heterocycles. The maximum absolute atomic E-state index is 13.0. The normalized spacial score (nSPS) is 40.4. The molecule has 6 nitrogen and oxygen atoms in total. The van der Waals surface area contributed by atoms with Gasteiger partial charge in [-0.05, 0) is 75.2 Å². The molecule has 1 N–H and O–H groups in total. The van der Waals surface area contributed by atoms with Crippen molar-refractivity contribution in [3.63, 3.8) is 0 Å². The maximum atomic E-state index is 13.0. The summed E-state index contributed by atoms with van der Waals surface area (Å²) in [7, 11) is 0. The summed E-state index contributed by atoms with van der Waals surface area (Å²) in [5, 5.41) is 13.5. The average Bonchev–Trinajstić information content (AvgIpc) is 3.29. The van der Waals surface area contributed by atoms with E-state index in [0.29, 0.717) is 23.0 Å². The van der Waals surface area contributed by atoms with Gasteiger partial charge in [0.05, 0.1) is 0 Å². The summed E-state index contributed by atoms with van der Waals surface area (Å²) < 4.78 is 0. The molecular formula is C20H29N5OS. The SMILES string of the molecule is O=C(Nc1nnc(N2CCN3CCC[C@H]3C2)s1)C1C2CC3CC(C2)CC1C3. The number of anilines is 2. The quantitative estimate of drug-likeness (QED) is 0.864. The Balaban J connectivity index is 1.12. The van der Waals surface area contributed by atoms with Gasteiger partial charge in [0.25, 0.3) is 0 Å². The van der Waals surface area contributed by atoms with Crippen LogP contribution >= 0.6 is 11.3 Å². The fourth-order valence-corrected chi connectivity index (χ4v) is 7.88. The van der Waals surface area contributed by atoms with Crippen molar-refractivity contribution in [3.8, 4) is 0 Å². The van der Waals surface area contributed by atoms with E-state index in [1.165, 1.54) is 51.5 Å². The molecule has 4 bridgehead atoms. The van der Waals surface area contributed by atoms with Gasteiger partial charge < -0.3 is 10.2 Å². The average molecular weight is 388 g/mol. The van der Waals surface area contributed by atoms with Gasteiger partial charge in [0.1, 0.15) is 0 Å². The van der Waals surface area contributed by atoms with Gasteiger partial charge in [-0.3, -0.25) is 9.69 Å². The Hall–Kier alpha value is -1.21. The highest BCUT2D eigenvalue weighted by Gasteiger charge is 2.50. The molecule has 0 unspecified atom stereocenters. The van der Waals surface area contributed by atoms with Gasteiger partial charge >= 0.3 is 0 Å². The molecule has 0 radical (unpaired) electrons. The Morgan fingerprint density at radius 3 is 2.56 bits per heavy atom. The van der Waals surface area contributed by atoms with Crippen molar-refractivity contribution in [2.75, 3.05) is 36.4 Å². The topological polar surface area (TPSA) is 61.4 Å². The molecule has 7 heteroatoms. The first-order valence-electron chi connectivity index (χ1n) is 10.9. The molecule has 4 aliphatic carbocycles. The number of rotatable bonds is 3. The van der Waals surface area contributed by atoms with E-state index in [4.69, 9.17) is 0 Å². The number of carbonyl (C=O) groups is 1. The van der Waals surface area contributed by atoms with Crippen LogP contribution in [0.25, 0.3) is 0 Å². The van der Waals surface area contributed by atoms with Crippen LogP contribution in [0.15, 0.2) is 0 Å². The van der Waals surface area contributed by atoms with Gasteiger partial charge in [0.15, 0.2) is 0 Å². The van der Waals surface area contributed by atoms with Gasteiger partial charge in [-0.15, -0.1) is 10.2 Å². The molecule has 0 aromatic carbocycles. The third-order valence-electron chi connectivity index (χ3n) is 8.03. The molecule has 1 amide bonds. The molecule has 3 heterocycles. The Morgan fingerprint density at radius 2 is 1.78 bits per heavy atom. The van der Waals surface area contributed by atoms with E-state index in [1.807, 2.05) is 0 Å². The lowest BCUT2D eigenvalue weighted by Gasteiger charge is -2.53. The van der Waals surface area contributed by atoms with Crippen LogP contribution in [-0.4, -0.2) is 53.2 Å². The maximum Gasteiger partial charge on any atom is 0.229 e. The fourth-order valence-electron chi connectivity index (χ4n) is 7.10. The zero-order chi connectivity index (χ0) is 18.0. The van der Waals surface area contributed by atoms with Crippen molar-refractivity contribution >= 4 is 27.5 Å². The monoisotopic (exact) mass is 387 g/mol. The summed E-state index contributed by atoms with van der Waals surface area (Å²) in [6.07, 6.45) is 9.15. The molecule has 1 aromatic heterocycles. The molecule has 2 saturated heterocycles. The van der Waals surface area contributed by atoms with Crippen LogP contribution in [0.2, 0.25) is 0 Å². The second kappa shape index (κ2) is 6.41. The third-order valence-corrected chi connectivity index (χ3v) is 8.93. The second-order valence-electron chi connectivity index (χ2n) is 9.61. The van der Waals surface area contributed by atoms with Crippen LogP contribution in [0.3, 0.4) is 0 Å². The molecular weight excluding hydrogens is 358 g/mol. The largest absolute Gasteiger partial charge is 0.344 e. The number of nitrogens with zero attached hydrogens (tertiary/aromatic N) is 4. The first kappa shape index (κ1) is 16.7. The zero-order valence-electron chi connectivity index (χ0n) is 15.8. The van der Waals surface area contributed by atoms with E-state index in [1.54, 1.807) is 11.3 Å². The van der Waals surface area contributed by atoms with E-state index < -0.39 is 0 Å². The Labute approximate surface area is 164 Å². The molecule has 4 saturated carbocycles. The smallest absolute Gasteiger partial charge is 0.229 e. The van der Waals surface area contributed by atoms with E-state index in [-0.39, 0.29) is 11.8 Å². The van der Waals surface area contributed by atoms with Crippen LogP contribution in [0.1, 0.15) is 44.9 Å². The fraction of sp³-hybridized carbons (Fsp3) is 0.850. The molecule has 1 atom stereocenters. The summed E-state index contributed by atoms with van der Waals surface area (Å²) in [6.45, 7) is 4.45. The predicted molar refractivity (Wildman–Crippen MR) is 106 cm³/mol. The summed E-state index contributed by atoms with van der Waals surface area (Å²) >= 11 is 1.56. The summed E-state index contributed by atoms with van der Waals surface area (Å²) in [6, 6.07) is 0.675. The van der Waals surface area contributed by atoms with Crippen LogP contribution in [0.5, 0.6) is 0 Å². The first-order valence-corrected chi connectivity index (χ1v) is 11.7. The molecule has 27 heavy (non-hydrogen) atoms. The number of nitrogens with one attached hydrogen (secondary N) is 1. The highest BCUT2D eigenvalue weighted by molar-refractivity contribution is 7.19. The molecule has 6 fully saturated rings. The number of piperazine rings is 1.